The molecule has 1 aliphatic carbocycles. The Morgan fingerprint density at radius 3 is 2.22 bits per heavy atom. The number of hydrogen-bond acceptors (Lipinski definition) is 7. The van der Waals surface area contributed by atoms with Gasteiger partial charge in [-0.25, -0.2) is 23.4 Å². The summed E-state index contributed by atoms with van der Waals surface area (Å²) in [6, 6.07) is 8.81. The number of hydrogen-bond donors (Lipinski definition) is 2. The van der Waals surface area contributed by atoms with Crippen LogP contribution in [0.5, 0.6) is 0 Å². The van der Waals surface area contributed by atoms with E-state index in [9.17, 15) is 8.42 Å². The van der Waals surface area contributed by atoms with E-state index in [2.05, 4.69) is 44.0 Å². The number of sulfonamides is 1. The predicted octanol–water partition coefficient (Wildman–Crippen LogP) is 5.43. The summed E-state index contributed by atoms with van der Waals surface area (Å²) < 4.78 is 27.7. The smallest absolute Gasteiger partial charge is 0.264 e. The third-order valence-corrected chi connectivity index (χ3v) is 8.46. The molecule has 1 saturated carbocycles. The van der Waals surface area contributed by atoms with Crippen LogP contribution in [0.2, 0.25) is 10.0 Å². The van der Waals surface area contributed by atoms with E-state index in [1.807, 2.05) is 12.2 Å². The maximum Gasteiger partial charge on any atom is 0.264 e. The van der Waals surface area contributed by atoms with Gasteiger partial charge in [-0.3, -0.25) is 4.72 Å². The molecule has 0 aliphatic heterocycles. The molecule has 2 heterocycles. The van der Waals surface area contributed by atoms with Gasteiger partial charge in [-0.2, -0.15) is 0 Å². The molecule has 0 saturated heterocycles. The lowest BCUT2D eigenvalue weighted by molar-refractivity contribution is 0.221. The van der Waals surface area contributed by atoms with Gasteiger partial charge >= 0.3 is 0 Å². The molecule has 0 bridgehead atoms. The molecule has 0 amide bonds. The van der Waals surface area contributed by atoms with Crippen molar-refractivity contribution in [3.05, 3.63) is 70.1 Å². The summed E-state index contributed by atoms with van der Waals surface area (Å²) in [5.41, 5.74) is 1.64. The van der Waals surface area contributed by atoms with E-state index >= 15 is 0 Å². The van der Waals surface area contributed by atoms with Gasteiger partial charge in [0.1, 0.15) is 10.7 Å². The molecule has 8 nitrogen and oxygen atoms in total. The highest BCUT2D eigenvalue weighted by molar-refractivity contribution is 7.92. The number of aromatic nitrogens is 3. The lowest BCUT2D eigenvalue weighted by Gasteiger charge is -2.32. The van der Waals surface area contributed by atoms with Gasteiger partial charge in [0.15, 0.2) is 0 Å². The molecule has 1 aromatic carbocycles. The molecule has 3 aromatic rings. The molecular weight excluding hydrogens is 519 g/mol. The fraction of sp³-hybridized carbons (Fsp3) is 0.320. The Morgan fingerprint density at radius 1 is 0.917 bits per heavy atom. The van der Waals surface area contributed by atoms with Gasteiger partial charge in [-0.15, -0.1) is 0 Å². The Morgan fingerprint density at radius 2 is 1.58 bits per heavy atom. The summed E-state index contributed by atoms with van der Waals surface area (Å²) in [6.07, 6.45) is 13.4. The zero-order chi connectivity index (χ0) is 25.7. The van der Waals surface area contributed by atoms with E-state index in [-0.39, 0.29) is 20.8 Å². The Labute approximate surface area is 221 Å². The Kier molecular flexibility index (Phi) is 8.46. The number of rotatable bonds is 8. The van der Waals surface area contributed by atoms with Crippen molar-refractivity contribution >= 4 is 57.1 Å². The molecule has 2 N–H and O–H groups in total. The first-order chi connectivity index (χ1) is 17.2. The van der Waals surface area contributed by atoms with Crippen LogP contribution in [0.4, 0.5) is 11.8 Å². The van der Waals surface area contributed by atoms with Crippen molar-refractivity contribution in [1.29, 1.82) is 0 Å². The van der Waals surface area contributed by atoms with Crippen molar-refractivity contribution in [3.8, 4) is 0 Å². The van der Waals surface area contributed by atoms with Crippen molar-refractivity contribution in [3.63, 3.8) is 0 Å². The largest absolute Gasteiger partial charge is 0.351 e. The summed E-state index contributed by atoms with van der Waals surface area (Å²) >= 11 is 12.0. The standard InChI is InChI=1S/C25H28Cl2N6O2S/c1-33(2)20-11-9-19(10-12-20)31-25-29-15-18(16-30-25)7-6-17-8-13-23(28-14-17)32-36(34,35)22-5-3-4-21(26)24(22)27/h3-8,13-16,19-20H,9-12H2,1-2H3,(H,28,32)(H,29,30,31)/b7-6+/t19-,20-. The van der Waals surface area contributed by atoms with Crippen molar-refractivity contribution in [2.45, 2.75) is 42.7 Å². The first-order valence-electron chi connectivity index (χ1n) is 11.6. The minimum Gasteiger partial charge on any atom is -0.351 e. The van der Waals surface area contributed by atoms with Crippen molar-refractivity contribution in [2.75, 3.05) is 24.1 Å². The van der Waals surface area contributed by atoms with E-state index in [4.69, 9.17) is 23.2 Å². The molecule has 0 spiro atoms. The van der Waals surface area contributed by atoms with E-state index in [1.54, 1.807) is 30.7 Å². The molecule has 1 fully saturated rings. The highest BCUT2D eigenvalue weighted by atomic mass is 35.5. The van der Waals surface area contributed by atoms with Crippen molar-refractivity contribution in [2.24, 2.45) is 0 Å². The Balaban J connectivity index is 1.33. The molecule has 2 aromatic heterocycles. The summed E-state index contributed by atoms with van der Waals surface area (Å²) in [4.78, 5) is 15.3. The summed E-state index contributed by atoms with van der Waals surface area (Å²) in [5, 5.41) is 3.56. The fourth-order valence-corrected chi connectivity index (χ4v) is 5.83. The van der Waals surface area contributed by atoms with Gasteiger partial charge in [0.05, 0.1) is 10.0 Å². The van der Waals surface area contributed by atoms with Crippen LogP contribution >= 0.6 is 23.2 Å². The van der Waals surface area contributed by atoms with Crippen LogP contribution in [0, 0.1) is 0 Å². The van der Waals surface area contributed by atoms with Gasteiger partial charge in [0, 0.05) is 36.2 Å². The van der Waals surface area contributed by atoms with Crippen LogP contribution in [0.25, 0.3) is 12.2 Å². The van der Waals surface area contributed by atoms with Crippen LogP contribution in [0.3, 0.4) is 0 Å². The lowest BCUT2D eigenvalue weighted by Crippen LogP contribution is -2.36. The molecule has 11 heteroatoms. The van der Waals surface area contributed by atoms with Crippen LogP contribution in [0.15, 0.2) is 53.8 Å². The quantitative estimate of drug-likeness (QED) is 0.388. The third kappa shape index (κ3) is 6.73. The first kappa shape index (κ1) is 26.3. The number of anilines is 2. The number of nitrogens with zero attached hydrogens (tertiary/aromatic N) is 4. The van der Waals surface area contributed by atoms with Crippen molar-refractivity contribution < 1.29 is 8.42 Å². The summed E-state index contributed by atoms with van der Waals surface area (Å²) in [6.45, 7) is 0. The van der Waals surface area contributed by atoms with E-state index < -0.39 is 10.0 Å². The topological polar surface area (TPSA) is 100 Å². The predicted molar refractivity (Wildman–Crippen MR) is 146 cm³/mol. The minimum absolute atomic E-state index is 0.0358. The minimum atomic E-state index is -3.93. The zero-order valence-electron chi connectivity index (χ0n) is 20.0. The Hall–Kier alpha value is -2.72. The molecule has 4 rings (SSSR count). The van der Waals surface area contributed by atoms with Gasteiger partial charge in [-0.05, 0) is 69.6 Å². The van der Waals surface area contributed by atoms with E-state index in [0.29, 0.717) is 18.0 Å². The number of pyridine rings is 1. The van der Waals surface area contributed by atoms with E-state index in [0.717, 1.165) is 24.0 Å². The molecular formula is C25H28Cl2N6O2S. The first-order valence-corrected chi connectivity index (χ1v) is 13.8. The number of benzene rings is 1. The summed E-state index contributed by atoms with van der Waals surface area (Å²) in [5.74, 6) is 0.806. The highest BCUT2D eigenvalue weighted by Gasteiger charge is 2.23. The normalized spacial score (nSPS) is 18.5. The van der Waals surface area contributed by atoms with Crippen molar-refractivity contribution in [1.82, 2.24) is 19.9 Å². The molecule has 0 radical (unpaired) electrons. The average molecular weight is 548 g/mol. The SMILES string of the molecule is CN(C)[C@H]1CC[C@H](Nc2ncc(/C=C/c3ccc(NS(=O)(=O)c4cccc(Cl)c4Cl)nc3)cn2)CC1. The van der Waals surface area contributed by atoms with Crippen LogP contribution < -0.4 is 10.0 Å². The monoisotopic (exact) mass is 546 g/mol. The number of nitrogens with one attached hydrogen (secondary N) is 2. The average Bonchev–Trinajstić information content (AvgIpc) is 2.86. The summed E-state index contributed by atoms with van der Waals surface area (Å²) in [7, 11) is 0.347. The molecule has 36 heavy (non-hydrogen) atoms. The van der Waals surface area contributed by atoms with Gasteiger partial charge in [-0.1, -0.05) is 41.4 Å². The fourth-order valence-electron chi connectivity index (χ4n) is 4.06. The molecule has 0 unspecified atom stereocenters. The zero-order valence-corrected chi connectivity index (χ0v) is 22.4. The molecule has 1 aliphatic rings. The molecule has 190 valence electrons. The maximum atomic E-state index is 12.6. The van der Waals surface area contributed by atoms with Gasteiger partial charge < -0.3 is 10.2 Å². The van der Waals surface area contributed by atoms with Crippen LogP contribution in [0.1, 0.15) is 36.8 Å². The second-order valence-electron chi connectivity index (χ2n) is 8.92. The van der Waals surface area contributed by atoms with Crippen LogP contribution in [-0.4, -0.2) is 54.4 Å². The second-order valence-corrected chi connectivity index (χ2v) is 11.4. The van der Waals surface area contributed by atoms with Gasteiger partial charge in [0.25, 0.3) is 10.0 Å². The second kappa shape index (κ2) is 11.6. The molecule has 0 atom stereocenters. The lowest BCUT2D eigenvalue weighted by atomic mass is 9.91. The van der Waals surface area contributed by atoms with Crippen LogP contribution in [-0.2, 0) is 10.0 Å². The Bertz CT molecular complexity index is 1310. The third-order valence-electron chi connectivity index (χ3n) is 6.13. The van der Waals surface area contributed by atoms with Gasteiger partial charge in [0.2, 0.25) is 5.95 Å². The van der Waals surface area contributed by atoms with E-state index in [1.165, 1.54) is 31.0 Å². The maximum absolute atomic E-state index is 12.6. The highest BCUT2D eigenvalue weighted by Crippen LogP contribution is 2.30. The number of halogens is 2.